The number of hydrogen-bond donors (Lipinski definition) is 2. The third-order valence-electron chi connectivity index (χ3n) is 3.65. The number of benzene rings is 1. The molecule has 1 saturated carbocycles. The van der Waals surface area contributed by atoms with Crippen LogP contribution >= 0.6 is 11.6 Å². The minimum atomic E-state index is -0.0978. The second-order valence-corrected chi connectivity index (χ2v) is 5.78. The second kappa shape index (κ2) is 5.47. The summed E-state index contributed by atoms with van der Waals surface area (Å²) in [4.78, 5) is 2.16. The van der Waals surface area contributed by atoms with Crippen LogP contribution in [0.5, 0.6) is 0 Å². The van der Waals surface area contributed by atoms with Crippen LogP contribution in [0.3, 0.4) is 0 Å². The van der Waals surface area contributed by atoms with Crippen molar-refractivity contribution in [2.75, 3.05) is 18.5 Å². The first-order chi connectivity index (χ1) is 8.47. The second-order valence-electron chi connectivity index (χ2n) is 5.37. The summed E-state index contributed by atoms with van der Waals surface area (Å²) in [6.07, 6.45) is 1.71. The molecule has 0 bridgehead atoms. The molecule has 0 saturated heterocycles. The van der Waals surface area contributed by atoms with E-state index < -0.39 is 0 Å². The Balaban J connectivity index is 2.03. The van der Waals surface area contributed by atoms with Gasteiger partial charge in [-0.1, -0.05) is 17.7 Å². The molecule has 0 heterocycles. The van der Waals surface area contributed by atoms with E-state index in [0.29, 0.717) is 5.92 Å². The molecule has 1 aliphatic carbocycles. The molecule has 2 rings (SSSR count). The molecule has 3 nitrogen and oxygen atoms in total. The summed E-state index contributed by atoms with van der Waals surface area (Å²) in [7, 11) is 2.04. The molecular formula is C14H21ClN2O. The highest BCUT2D eigenvalue weighted by atomic mass is 35.5. The van der Waals surface area contributed by atoms with E-state index in [-0.39, 0.29) is 12.1 Å². The fourth-order valence-electron chi connectivity index (χ4n) is 2.45. The standard InChI is InChI=1S/C14H21ClN2O/c1-9(16)11-3-4-14(13(15)7-11)17(2)8-10-5-12(18)6-10/h3-4,7,9-10,12,18H,5-6,8,16H2,1-2H3/t9-,10?,12?/m1/s1. The smallest absolute Gasteiger partial charge is 0.0642 e. The van der Waals surface area contributed by atoms with E-state index >= 15 is 0 Å². The van der Waals surface area contributed by atoms with E-state index in [2.05, 4.69) is 4.90 Å². The fraction of sp³-hybridized carbons (Fsp3) is 0.571. The summed E-state index contributed by atoms with van der Waals surface area (Å²) in [6.45, 7) is 2.89. The Kier molecular flexibility index (Phi) is 4.15. The first-order valence-corrected chi connectivity index (χ1v) is 6.79. The van der Waals surface area contributed by atoms with E-state index in [1.807, 2.05) is 32.2 Å². The topological polar surface area (TPSA) is 49.5 Å². The number of anilines is 1. The Bertz CT molecular complexity index is 416. The molecule has 1 aromatic carbocycles. The van der Waals surface area contributed by atoms with Gasteiger partial charge in [0.1, 0.15) is 0 Å². The van der Waals surface area contributed by atoms with Crippen molar-refractivity contribution < 1.29 is 5.11 Å². The molecular weight excluding hydrogens is 248 g/mol. The van der Waals surface area contributed by atoms with Crippen molar-refractivity contribution in [3.63, 3.8) is 0 Å². The molecule has 0 spiro atoms. The molecule has 3 N–H and O–H groups in total. The van der Waals surface area contributed by atoms with Crippen LogP contribution in [0.1, 0.15) is 31.4 Å². The number of nitrogens with zero attached hydrogens (tertiary/aromatic N) is 1. The van der Waals surface area contributed by atoms with Crippen LogP contribution in [0, 0.1) is 5.92 Å². The predicted octanol–water partition coefficient (Wildman–Crippen LogP) is 2.57. The molecule has 1 fully saturated rings. The summed E-state index contributed by atoms with van der Waals surface area (Å²) in [5, 5.41) is 10.0. The van der Waals surface area contributed by atoms with Gasteiger partial charge in [0, 0.05) is 19.6 Å². The maximum Gasteiger partial charge on any atom is 0.0642 e. The zero-order chi connectivity index (χ0) is 13.3. The van der Waals surface area contributed by atoms with Gasteiger partial charge in [-0.05, 0) is 43.4 Å². The lowest BCUT2D eigenvalue weighted by atomic mass is 9.82. The number of rotatable bonds is 4. The zero-order valence-electron chi connectivity index (χ0n) is 10.9. The van der Waals surface area contributed by atoms with Crippen molar-refractivity contribution in [3.05, 3.63) is 28.8 Å². The molecule has 0 aromatic heterocycles. The van der Waals surface area contributed by atoms with Crippen molar-refractivity contribution in [1.29, 1.82) is 0 Å². The van der Waals surface area contributed by atoms with Crippen molar-refractivity contribution in [3.8, 4) is 0 Å². The molecule has 18 heavy (non-hydrogen) atoms. The average molecular weight is 269 g/mol. The van der Waals surface area contributed by atoms with Crippen LogP contribution in [0.2, 0.25) is 5.02 Å². The van der Waals surface area contributed by atoms with Crippen LogP contribution in [-0.4, -0.2) is 24.8 Å². The van der Waals surface area contributed by atoms with Gasteiger partial charge in [0.05, 0.1) is 16.8 Å². The maximum absolute atomic E-state index is 9.30. The quantitative estimate of drug-likeness (QED) is 0.882. The lowest BCUT2D eigenvalue weighted by Gasteiger charge is -2.35. The molecule has 4 heteroatoms. The fourth-order valence-corrected chi connectivity index (χ4v) is 2.78. The zero-order valence-corrected chi connectivity index (χ0v) is 11.7. The van der Waals surface area contributed by atoms with E-state index in [0.717, 1.165) is 35.7 Å². The van der Waals surface area contributed by atoms with Crippen molar-refractivity contribution in [2.24, 2.45) is 11.7 Å². The van der Waals surface area contributed by atoms with Crippen LogP contribution < -0.4 is 10.6 Å². The average Bonchev–Trinajstić information content (AvgIpc) is 2.26. The van der Waals surface area contributed by atoms with Crippen LogP contribution in [0.15, 0.2) is 18.2 Å². The van der Waals surface area contributed by atoms with Crippen molar-refractivity contribution in [2.45, 2.75) is 31.9 Å². The Morgan fingerprint density at radius 3 is 2.67 bits per heavy atom. The minimum Gasteiger partial charge on any atom is -0.393 e. The number of aliphatic hydroxyl groups is 1. The summed E-state index contributed by atoms with van der Waals surface area (Å²) in [6, 6.07) is 5.99. The SMILES string of the molecule is C[C@@H](N)c1ccc(N(C)CC2CC(O)C2)c(Cl)c1. The van der Waals surface area contributed by atoms with Crippen LogP contribution in [0.4, 0.5) is 5.69 Å². The maximum atomic E-state index is 9.30. The molecule has 1 aromatic rings. The Morgan fingerprint density at radius 1 is 1.50 bits per heavy atom. The highest BCUT2D eigenvalue weighted by molar-refractivity contribution is 6.33. The Morgan fingerprint density at radius 2 is 2.17 bits per heavy atom. The molecule has 1 aliphatic rings. The van der Waals surface area contributed by atoms with Crippen LogP contribution in [-0.2, 0) is 0 Å². The van der Waals surface area contributed by atoms with Gasteiger partial charge < -0.3 is 15.7 Å². The lowest BCUT2D eigenvalue weighted by Crippen LogP contribution is -2.37. The first kappa shape index (κ1) is 13.7. The van der Waals surface area contributed by atoms with Gasteiger partial charge in [-0.2, -0.15) is 0 Å². The summed E-state index contributed by atoms with van der Waals surface area (Å²) >= 11 is 6.30. The van der Waals surface area contributed by atoms with Gasteiger partial charge in [-0.3, -0.25) is 0 Å². The van der Waals surface area contributed by atoms with E-state index in [9.17, 15) is 5.11 Å². The van der Waals surface area contributed by atoms with Gasteiger partial charge >= 0.3 is 0 Å². The normalized spacial score (nSPS) is 24.5. The Labute approximate surface area is 114 Å². The minimum absolute atomic E-state index is 0.00337. The molecule has 0 unspecified atom stereocenters. The highest BCUT2D eigenvalue weighted by Crippen LogP contribution is 2.32. The summed E-state index contributed by atoms with van der Waals surface area (Å²) < 4.78 is 0. The molecule has 0 amide bonds. The van der Waals surface area contributed by atoms with E-state index in [1.54, 1.807) is 0 Å². The van der Waals surface area contributed by atoms with E-state index in [4.69, 9.17) is 17.3 Å². The molecule has 100 valence electrons. The number of hydrogen-bond acceptors (Lipinski definition) is 3. The van der Waals surface area contributed by atoms with Crippen molar-refractivity contribution >= 4 is 17.3 Å². The number of nitrogens with two attached hydrogens (primary N) is 1. The van der Waals surface area contributed by atoms with Gasteiger partial charge in [0.25, 0.3) is 0 Å². The van der Waals surface area contributed by atoms with Gasteiger partial charge in [0.15, 0.2) is 0 Å². The summed E-state index contributed by atoms with van der Waals surface area (Å²) in [5.74, 6) is 0.578. The molecule has 0 radical (unpaired) electrons. The van der Waals surface area contributed by atoms with E-state index in [1.165, 1.54) is 0 Å². The largest absolute Gasteiger partial charge is 0.393 e. The lowest BCUT2D eigenvalue weighted by molar-refractivity contribution is 0.0465. The van der Waals surface area contributed by atoms with Gasteiger partial charge in [-0.25, -0.2) is 0 Å². The van der Waals surface area contributed by atoms with Crippen LogP contribution in [0.25, 0.3) is 0 Å². The van der Waals surface area contributed by atoms with Gasteiger partial charge in [-0.15, -0.1) is 0 Å². The highest BCUT2D eigenvalue weighted by Gasteiger charge is 2.28. The third kappa shape index (κ3) is 2.97. The number of aliphatic hydroxyl groups excluding tert-OH is 1. The first-order valence-electron chi connectivity index (χ1n) is 6.41. The van der Waals surface area contributed by atoms with Gasteiger partial charge in [0.2, 0.25) is 0 Å². The number of halogens is 1. The monoisotopic (exact) mass is 268 g/mol. The van der Waals surface area contributed by atoms with Crippen molar-refractivity contribution in [1.82, 2.24) is 0 Å². The Hall–Kier alpha value is -0.770. The predicted molar refractivity (Wildman–Crippen MR) is 76.1 cm³/mol. The molecule has 1 atom stereocenters. The molecule has 0 aliphatic heterocycles. The third-order valence-corrected chi connectivity index (χ3v) is 3.95. The summed E-state index contributed by atoms with van der Waals surface area (Å²) in [5.41, 5.74) is 7.92.